The molecule has 12 nitrogen and oxygen atoms in total. The highest BCUT2D eigenvalue weighted by atomic mass is 16.7. The summed E-state index contributed by atoms with van der Waals surface area (Å²) in [5.74, 6) is 0.787. The summed E-state index contributed by atoms with van der Waals surface area (Å²) >= 11 is 0. The van der Waals surface area contributed by atoms with Crippen molar-refractivity contribution in [2.75, 3.05) is 45.8 Å². The predicted octanol–water partition coefficient (Wildman–Crippen LogP) is 5.93. The zero-order chi connectivity index (χ0) is 42.9. The van der Waals surface area contributed by atoms with Gasteiger partial charge in [-0.25, -0.2) is 0 Å². The zero-order valence-corrected chi connectivity index (χ0v) is 36.3. The molecule has 0 aromatic heterocycles. The van der Waals surface area contributed by atoms with Crippen LogP contribution in [-0.4, -0.2) is 108 Å². The smallest absolute Gasteiger partial charge is 0.251 e. The largest absolute Gasteiger partial charge is 0.512 e. The number of anilines is 1. The van der Waals surface area contributed by atoms with E-state index in [-0.39, 0.29) is 54.3 Å². The molecule has 3 aliphatic carbocycles. The lowest BCUT2D eigenvalue weighted by molar-refractivity contribution is -0.155. The molecule has 2 saturated heterocycles. The second-order valence-electron chi connectivity index (χ2n) is 18.5. The Morgan fingerprint density at radius 2 is 1.85 bits per heavy atom. The molecule has 12 heteroatoms. The van der Waals surface area contributed by atoms with Gasteiger partial charge in [-0.2, -0.15) is 0 Å². The van der Waals surface area contributed by atoms with Gasteiger partial charge in [0.05, 0.1) is 38.3 Å². The number of nitrogens with one attached hydrogen (secondary N) is 2. The molecule has 3 saturated carbocycles. The van der Waals surface area contributed by atoms with Gasteiger partial charge in [-0.1, -0.05) is 69.3 Å². The zero-order valence-electron chi connectivity index (χ0n) is 36.3. The number of aliphatic hydroxyl groups excluding tert-OH is 3. The first-order valence-corrected chi connectivity index (χ1v) is 21.7. The highest BCUT2D eigenvalue weighted by molar-refractivity contribution is 5.97. The average Bonchev–Trinajstić information content (AvgIpc) is 3.86. The molecule has 2 bridgehead atoms. The maximum atomic E-state index is 14.4. The third-order valence-corrected chi connectivity index (χ3v) is 14.1. The number of methoxy groups -OCH3 is 1. The fourth-order valence-corrected chi connectivity index (χ4v) is 10.8. The van der Waals surface area contributed by atoms with Crippen LogP contribution in [0.4, 0.5) is 5.69 Å². The van der Waals surface area contributed by atoms with Crippen LogP contribution in [0.5, 0.6) is 5.75 Å². The van der Waals surface area contributed by atoms with Crippen molar-refractivity contribution < 1.29 is 34.5 Å². The fraction of sp³-hybridized carbons (Fsp3) is 0.542. The van der Waals surface area contributed by atoms with Crippen molar-refractivity contribution >= 4 is 17.5 Å². The van der Waals surface area contributed by atoms with Crippen molar-refractivity contribution in [2.24, 2.45) is 29.1 Å². The van der Waals surface area contributed by atoms with Crippen LogP contribution in [0, 0.1) is 29.1 Å². The topological polar surface area (TPSA) is 147 Å². The summed E-state index contributed by atoms with van der Waals surface area (Å²) in [5.41, 5.74) is 4.93. The number of carbonyl (C=O) groups excluding carboxylic acids is 2. The van der Waals surface area contributed by atoms with Crippen LogP contribution in [0.15, 0.2) is 78.8 Å². The van der Waals surface area contributed by atoms with E-state index in [0.29, 0.717) is 47.6 Å². The molecule has 3 aromatic carbocycles. The summed E-state index contributed by atoms with van der Waals surface area (Å²) in [7, 11) is 5.59. The second kappa shape index (κ2) is 18.2. The van der Waals surface area contributed by atoms with E-state index >= 15 is 0 Å². The number of likely N-dealkylation sites (N-methyl/N-ethyl adjacent to an activating group) is 1. The van der Waals surface area contributed by atoms with Gasteiger partial charge in [0.15, 0.2) is 5.76 Å². The Labute approximate surface area is 355 Å². The van der Waals surface area contributed by atoms with Crippen LogP contribution >= 0.6 is 0 Å². The molecule has 60 heavy (non-hydrogen) atoms. The summed E-state index contributed by atoms with van der Waals surface area (Å²) in [6.45, 7) is 10.0. The van der Waals surface area contributed by atoms with Gasteiger partial charge in [0.1, 0.15) is 18.1 Å². The lowest BCUT2D eigenvalue weighted by atomic mass is 9.45. The third-order valence-electron chi connectivity index (χ3n) is 14.1. The van der Waals surface area contributed by atoms with Crippen LogP contribution in [-0.2, 0) is 22.6 Å². The highest BCUT2D eigenvalue weighted by Crippen LogP contribution is 2.61. The van der Waals surface area contributed by atoms with Gasteiger partial charge in [0.25, 0.3) is 5.91 Å². The number of ether oxygens (including phenoxy) is 1. The van der Waals surface area contributed by atoms with Gasteiger partial charge in [0, 0.05) is 47.6 Å². The Hall–Kier alpha value is -4.62. The molecule has 0 radical (unpaired) electrons. The first-order chi connectivity index (χ1) is 28.7. The summed E-state index contributed by atoms with van der Waals surface area (Å²) in [4.78, 5) is 39.1. The lowest BCUT2D eigenvalue weighted by Gasteiger charge is -2.62. The van der Waals surface area contributed by atoms with Crippen LogP contribution in [0.25, 0.3) is 11.1 Å². The normalized spacial score (nSPS) is 27.6. The molecule has 324 valence electrons. The molecule has 2 amide bonds. The van der Waals surface area contributed by atoms with E-state index in [2.05, 4.69) is 53.3 Å². The van der Waals surface area contributed by atoms with E-state index in [1.165, 1.54) is 11.5 Å². The Morgan fingerprint density at radius 1 is 1.08 bits per heavy atom. The van der Waals surface area contributed by atoms with Gasteiger partial charge in [-0.05, 0) is 106 Å². The molecular weight excluding hydrogens is 759 g/mol. The van der Waals surface area contributed by atoms with Crippen molar-refractivity contribution in [1.29, 1.82) is 0 Å². The first kappa shape index (κ1) is 43.5. The van der Waals surface area contributed by atoms with Gasteiger partial charge in [-0.3, -0.25) is 9.59 Å². The van der Waals surface area contributed by atoms with Crippen LogP contribution < -0.4 is 20.3 Å². The van der Waals surface area contributed by atoms with Crippen molar-refractivity contribution in [3.8, 4) is 16.9 Å². The van der Waals surface area contributed by atoms with Crippen molar-refractivity contribution in [2.45, 2.75) is 96.6 Å². The molecule has 8 rings (SSSR count). The van der Waals surface area contributed by atoms with E-state index in [1.807, 2.05) is 68.7 Å². The fourth-order valence-electron chi connectivity index (χ4n) is 10.8. The summed E-state index contributed by atoms with van der Waals surface area (Å²) in [5, 5.41) is 39.8. The van der Waals surface area contributed by atoms with Gasteiger partial charge in [-0.15, -0.1) is 5.06 Å². The van der Waals surface area contributed by atoms with Gasteiger partial charge >= 0.3 is 0 Å². The minimum atomic E-state index is -0.987. The van der Waals surface area contributed by atoms with Gasteiger partial charge < -0.3 is 45.3 Å². The maximum absolute atomic E-state index is 14.4. The number of para-hydroxylation sites is 1. The standard InChI is InChI=1S/C48H65N5O7/c1-29-40-23-35(48(40,3)4)24-41(29)50-47(58)44-43(30(2)56)42(28-55)60-53(44)25-32-15-11-17-39(45(32)59-7)33-20-34(22-38(21-33)52-18-12-16-37(52)27-54)46(57)49-36(26-51(5)6)19-31-13-9-8-10-14-31/h8-11,13-15,17,20-22,28-30,35-37,40-41,43-44,54-56H,12,16,18-19,23-27H2,1-7H3,(H,49,57)(H,50,58)/b42-28-/t29-,30-,35+,36-,37?,40-,41-,43+,44-/m0/s1. The summed E-state index contributed by atoms with van der Waals surface area (Å²) in [6.07, 6.45) is 4.39. The van der Waals surface area contributed by atoms with Crippen molar-refractivity contribution in [3.63, 3.8) is 0 Å². The SMILES string of the molecule is COc1c(CN2O/C(=C\O)[C@@H]([C@H](C)O)[C@H]2C(=O)N[C@H]2C[C@H]3C[C@@H]([C@@H]2C)C3(C)C)cccc1-c1cc(C(=O)N[C@@H](Cc2ccccc2)CN(C)C)cc(N2CCCC2CO)c1. The number of carbonyl (C=O) groups is 2. The number of benzene rings is 3. The highest BCUT2D eigenvalue weighted by Gasteiger charge is 2.57. The van der Waals surface area contributed by atoms with Gasteiger partial charge in [0.2, 0.25) is 5.91 Å². The first-order valence-electron chi connectivity index (χ1n) is 21.7. The van der Waals surface area contributed by atoms with Crippen LogP contribution in [0.3, 0.4) is 0 Å². The van der Waals surface area contributed by atoms with E-state index in [0.717, 1.165) is 54.4 Å². The number of hydrogen-bond acceptors (Lipinski definition) is 10. The molecule has 9 atom stereocenters. The van der Waals surface area contributed by atoms with Crippen molar-refractivity contribution in [1.82, 2.24) is 20.6 Å². The van der Waals surface area contributed by atoms with Crippen LogP contribution in [0.1, 0.15) is 74.9 Å². The summed E-state index contributed by atoms with van der Waals surface area (Å²) in [6, 6.07) is 20.6. The molecule has 1 unspecified atom stereocenters. The Bertz CT molecular complexity index is 2020. The molecule has 0 spiro atoms. The van der Waals surface area contributed by atoms with E-state index in [9.17, 15) is 24.9 Å². The average molecular weight is 824 g/mol. The molecule has 5 fully saturated rings. The third kappa shape index (κ3) is 8.75. The number of amides is 2. The Morgan fingerprint density at radius 3 is 2.50 bits per heavy atom. The predicted molar refractivity (Wildman–Crippen MR) is 233 cm³/mol. The Kier molecular flexibility index (Phi) is 13.2. The number of hydroxylamine groups is 2. The molecule has 5 aliphatic rings. The monoisotopic (exact) mass is 823 g/mol. The number of rotatable bonds is 15. The molecule has 3 aromatic rings. The van der Waals surface area contributed by atoms with E-state index in [1.54, 1.807) is 14.0 Å². The Balaban J connectivity index is 1.21. The van der Waals surface area contributed by atoms with E-state index in [4.69, 9.17) is 9.57 Å². The van der Waals surface area contributed by atoms with E-state index < -0.39 is 18.1 Å². The molecule has 2 heterocycles. The van der Waals surface area contributed by atoms with Crippen molar-refractivity contribution in [3.05, 3.63) is 95.4 Å². The maximum Gasteiger partial charge on any atom is 0.251 e. The lowest BCUT2D eigenvalue weighted by Crippen LogP contribution is -2.62. The minimum absolute atomic E-state index is 0.00186. The number of fused-ring (bicyclic) bond motifs is 2. The van der Waals surface area contributed by atoms with Crippen LogP contribution in [0.2, 0.25) is 0 Å². The number of aliphatic hydroxyl groups is 3. The summed E-state index contributed by atoms with van der Waals surface area (Å²) < 4.78 is 6.16. The second-order valence-corrected chi connectivity index (χ2v) is 18.5. The number of hydrogen-bond donors (Lipinski definition) is 5. The quantitative estimate of drug-likeness (QED) is 0.117. The molecule has 5 N–H and O–H groups in total. The molecular formula is C48H65N5O7. The number of nitrogens with zero attached hydrogens (tertiary/aromatic N) is 3. The molecule has 2 aliphatic heterocycles. The minimum Gasteiger partial charge on any atom is -0.512 e.